The predicted octanol–water partition coefficient (Wildman–Crippen LogP) is 0.705. The van der Waals surface area contributed by atoms with E-state index >= 15 is 0 Å². The fourth-order valence-corrected chi connectivity index (χ4v) is 2.30. The normalized spacial score (nSPS) is 17.4. The number of hydrogen-bond donors (Lipinski definition) is 2. The summed E-state index contributed by atoms with van der Waals surface area (Å²) in [5.74, 6) is -0.354. The Hall–Kier alpha value is -1.37. The Kier molecular flexibility index (Phi) is 5.58. The van der Waals surface area contributed by atoms with Gasteiger partial charge in [0.2, 0.25) is 5.76 Å². The van der Waals surface area contributed by atoms with E-state index < -0.39 is 5.97 Å². The first-order valence-corrected chi connectivity index (χ1v) is 7.09. The van der Waals surface area contributed by atoms with Crippen molar-refractivity contribution in [3.8, 4) is 0 Å². The van der Waals surface area contributed by atoms with Crippen LogP contribution >= 0.6 is 0 Å². The van der Waals surface area contributed by atoms with Crippen LogP contribution in [0.5, 0.6) is 0 Å². The zero-order chi connectivity index (χ0) is 14.4. The van der Waals surface area contributed by atoms with Crippen molar-refractivity contribution in [1.82, 2.24) is 15.1 Å². The minimum Gasteiger partial charge on any atom is -0.475 e. The summed E-state index contributed by atoms with van der Waals surface area (Å²) in [5.41, 5.74) is 0. The molecule has 1 fully saturated rings. The van der Waals surface area contributed by atoms with E-state index in [0.29, 0.717) is 12.3 Å². The third kappa shape index (κ3) is 4.63. The van der Waals surface area contributed by atoms with Gasteiger partial charge in [-0.05, 0) is 38.7 Å². The number of carbonyl (C=O) groups is 1. The molecule has 112 valence electrons. The molecule has 1 saturated heterocycles. The van der Waals surface area contributed by atoms with E-state index in [2.05, 4.69) is 22.2 Å². The highest BCUT2D eigenvalue weighted by Gasteiger charge is 2.12. The second kappa shape index (κ2) is 7.42. The van der Waals surface area contributed by atoms with Crippen LogP contribution in [-0.4, -0.2) is 67.2 Å². The van der Waals surface area contributed by atoms with Gasteiger partial charge in [0.25, 0.3) is 0 Å². The van der Waals surface area contributed by atoms with Gasteiger partial charge in [-0.1, -0.05) is 0 Å². The minimum absolute atomic E-state index is 0.000707. The Bertz CT molecular complexity index is 425. The van der Waals surface area contributed by atoms with Crippen LogP contribution in [0.25, 0.3) is 0 Å². The van der Waals surface area contributed by atoms with Crippen molar-refractivity contribution in [2.75, 3.05) is 46.3 Å². The SMILES string of the molecule is CN1CCN(CCCNCc2ccc(C(=O)O)o2)CC1. The summed E-state index contributed by atoms with van der Waals surface area (Å²) in [6.45, 7) is 7.20. The predicted molar refractivity (Wildman–Crippen MR) is 75.9 cm³/mol. The maximum atomic E-state index is 10.7. The first-order valence-electron chi connectivity index (χ1n) is 7.09. The molecule has 1 aliphatic heterocycles. The molecule has 0 spiro atoms. The molecule has 20 heavy (non-hydrogen) atoms. The molecule has 0 saturated carbocycles. The maximum absolute atomic E-state index is 10.7. The van der Waals surface area contributed by atoms with E-state index in [1.165, 1.54) is 6.07 Å². The maximum Gasteiger partial charge on any atom is 0.371 e. The molecule has 0 bridgehead atoms. The fraction of sp³-hybridized carbons (Fsp3) is 0.643. The van der Waals surface area contributed by atoms with E-state index in [1.54, 1.807) is 6.07 Å². The first kappa shape index (κ1) is 15.0. The van der Waals surface area contributed by atoms with Crippen molar-refractivity contribution in [1.29, 1.82) is 0 Å². The summed E-state index contributed by atoms with van der Waals surface area (Å²) in [5, 5.41) is 12.0. The van der Waals surface area contributed by atoms with Gasteiger partial charge in [0.05, 0.1) is 6.54 Å². The van der Waals surface area contributed by atoms with Crippen molar-refractivity contribution < 1.29 is 14.3 Å². The Morgan fingerprint density at radius 3 is 2.75 bits per heavy atom. The van der Waals surface area contributed by atoms with Crippen LogP contribution in [0.2, 0.25) is 0 Å². The Labute approximate surface area is 119 Å². The van der Waals surface area contributed by atoms with E-state index in [-0.39, 0.29) is 5.76 Å². The standard InChI is InChI=1S/C14H23N3O3/c1-16-7-9-17(10-8-16)6-2-5-15-11-12-3-4-13(20-12)14(18)19/h3-4,15H,2,5-11H2,1H3,(H,18,19). The van der Waals surface area contributed by atoms with E-state index in [1.807, 2.05) is 0 Å². The van der Waals surface area contributed by atoms with Gasteiger partial charge < -0.3 is 24.6 Å². The summed E-state index contributed by atoms with van der Waals surface area (Å²) in [4.78, 5) is 15.5. The van der Waals surface area contributed by atoms with Gasteiger partial charge in [0, 0.05) is 26.2 Å². The summed E-state index contributed by atoms with van der Waals surface area (Å²) >= 11 is 0. The monoisotopic (exact) mass is 281 g/mol. The zero-order valence-corrected chi connectivity index (χ0v) is 12.0. The van der Waals surface area contributed by atoms with Crippen molar-refractivity contribution >= 4 is 5.97 Å². The second-order valence-corrected chi connectivity index (χ2v) is 5.25. The lowest BCUT2D eigenvalue weighted by Crippen LogP contribution is -2.45. The third-order valence-electron chi connectivity index (χ3n) is 3.60. The number of furan rings is 1. The number of hydrogen-bond acceptors (Lipinski definition) is 5. The van der Waals surface area contributed by atoms with Crippen LogP contribution in [0.1, 0.15) is 22.7 Å². The highest BCUT2D eigenvalue weighted by molar-refractivity contribution is 5.84. The van der Waals surface area contributed by atoms with E-state index in [0.717, 1.165) is 45.7 Å². The molecule has 0 amide bonds. The number of aromatic carboxylic acids is 1. The topological polar surface area (TPSA) is 69.0 Å². The first-order chi connectivity index (χ1) is 9.65. The van der Waals surface area contributed by atoms with Gasteiger partial charge in [0.1, 0.15) is 5.76 Å². The largest absolute Gasteiger partial charge is 0.475 e. The quantitative estimate of drug-likeness (QED) is 0.717. The smallest absolute Gasteiger partial charge is 0.371 e. The van der Waals surface area contributed by atoms with Crippen LogP contribution in [0.3, 0.4) is 0 Å². The molecule has 0 aromatic carbocycles. The lowest BCUT2D eigenvalue weighted by atomic mass is 10.3. The van der Waals surface area contributed by atoms with Crippen molar-refractivity contribution in [2.24, 2.45) is 0 Å². The van der Waals surface area contributed by atoms with Crippen molar-refractivity contribution in [2.45, 2.75) is 13.0 Å². The lowest BCUT2D eigenvalue weighted by Gasteiger charge is -2.32. The molecule has 1 aliphatic rings. The molecule has 1 aromatic rings. The number of rotatable bonds is 7. The number of nitrogens with zero attached hydrogens (tertiary/aromatic N) is 2. The van der Waals surface area contributed by atoms with Crippen LogP contribution in [-0.2, 0) is 6.54 Å². The number of carboxylic acids is 1. The summed E-state index contributed by atoms with van der Waals surface area (Å²) in [6.07, 6.45) is 1.09. The van der Waals surface area contributed by atoms with Gasteiger partial charge in [-0.25, -0.2) is 4.79 Å². The van der Waals surface area contributed by atoms with Gasteiger partial charge >= 0.3 is 5.97 Å². The Morgan fingerprint density at radius 2 is 2.10 bits per heavy atom. The molecule has 2 heterocycles. The van der Waals surface area contributed by atoms with Crippen LogP contribution in [0, 0.1) is 0 Å². The number of nitrogens with one attached hydrogen (secondary N) is 1. The second-order valence-electron chi connectivity index (χ2n) is 5.25. The molecule has 0 atom stereocenters. The molecule has 2 N–H and O–H groups in total. The molecule has 2 rings (SSSR count). The van der Waals surface area contributed by atoms with Gasteiger partial charge in [-0.2, -0.15) is 0 Å². The number of likely N-dealkylation sites (N-methyl/N-ethyl adjacent to an activating group) is 1. The summed E-state index contributed by atoms with van der Waals surface area (Å²) in [6, 6.07) is 3.19. The van der Waals surface area contributed by atoms with Gasteiger partial charge in [0.15, 0.2) is 0 Å². The average molecular weight is 281 g/mol. The van der Waals surface area contributed by atoms with Gasteiger partial charge in [-0.3, -0.25) is 0 Å². The highest BCUT2D eigenvalue weighted by Crippen LogP contribution is 2.07. The average Bonchev–Trinajstić information content (AvgIpc) is 2.89. The number of carboxylic acid groups (broad SMARTS) is 1. The summed E-state index contributed by atoms with van der Waals surface area (Å²) in [7, 11) is 2.16. The van der Waals surface area contributed by atoms with E-state index in [9.17, 15) is 4.79 Å². The van der Waals surface area contributed by atoms with Crippen molar-refractivity contribution in [3.63, 3.8) is 0 Å². The molecule has 0 radical (unpaired) electrons. The lowest BCUT2D eigenvalue weighted by molar-refractivity contribution is 0.0660. The fourth-order valence-electron chi connectivity index (χ4n) is 2.30. The summed E-state index contributed by atoms with van der Waals surface area (Å²) < 4.78 is 5.18. The zero-order valence-electron chi connectivity index (χ0n) is 12.0. The van der Waals surface area contributed by atoms with E-state index in [4.69, 9.17) is 9.52 Å². The molecule has 1 aromatic heterocycles. The molecule has 6 nitrogen and oxygen atoms in total. The van der Waals surface area contributed by atoms with Crippen LogP contribution < -0.4 is 5.32 Å². The Morgan fingerprint density at radius 1 is 1.35 bits per heavy atom. The highest BCUT2D eigenvalue weighted by atomic mass is 16.4. The molecular formula is C14H23N3O3. The molecule has 6 heteroatoms. The molecular weight excluding hydrogens is 258 g/mol. The van der Waals surface area contributed by atoms with Crippen LogP contribution in [0.15, 0.2) is 16.5 Å². The number of piperazine rings is 1. The van der Waals surface area contributed by atoms with Crippen LogP contribution in [0.4, 0.5) is 0 Å². The molecule has 0 aliphatic carbocycles. The minimum atomic E-state index is -1.02. The molecule has 0 unspecified atom stereocenters. The third-order valence-corrected chi connectivity index (χ3v) is 3.60. The Balaban J connectivity index is 1.56. The van der Waals surface area contributed by atoms with Gasteiger partial charge in [-0.15, -0.1) is 0 Å². The van der Waals surface area contributed by atoms with Crippen molar-refractivity contribution in [3.05, 3.63) is 23.7 Å².